The van der Waals surface area contributed by atoms with E-state index in [1.165, 1.54) is 24.3 Å². The monoisotopic (exact) mass is 614 g/mol. The number of hydrogen-bond donors (Lipinski definition) is 2. The van der Waals surface area contributed by atoms with Crippen LogP contribution in [0.5, 0.6) is 0 Å². The first-order chi connectivity index (χ1) is 20.1. The lowest BCUT2D eigenvalue weighted by molar-refractivity contribution is 0.0112. The Morgan fingerprint density at radius 1 is 0.619 bits per heavy atom. The Labute approximate surface area is 252 Å². The van der Waals surface area contributed by atoms with Crippen LogP contribution in [-0.4, -0.2) is 56.3 Å². The Hall–Kier alpha value is -3.44. The molecule has 0 atom stereocenters. The molecule has 2 aliphatic heterocycles. The molecule has 42 heavy (non-hydrogen) atoms. The molecule has 0 spiro atoms. The van der Waals surface area contributed by atoms with Crippen LogP contribution in [0.25, 0.3) is 0 Å². The second-order valence-corrected chi connectivity index (χ2v) is 11.1. The van der Waals surface area contributed by atoms with Crippen molar-refractivity contribution in [2.24, 2.45) is 0 Å². The molecular weight excluding hydrogens is 585 g/mol. The molecule has 12 heteroatoms. The minimum Gasteiger partial charge on any atom is -0.385 e. The number of halogens is 4. The molecule has 2 saturated heterocycles. The van der Waals surface area contributed by atoms with Crippen molar-refractivity contribution in [1.82, 2.24) is 19.9 Å². The van der Waals surface area contributed by atoms with Crippen molar-refractivity contribution in [3.8, 4) is 0 Å². The molecule has 0 radical (unpaired) electrons. The van der Waals surface area contributed by atoms with Crippen LogP contribution in [0, 0.1) is 11.6 Å². The van der Waals surface area contributed by atoms with Gasteiger partial charge >= 0.3 is 0 Å². The van der Waals surface area contributed by atoms with Crippen LogP contribution in [0.1, 0.15) is 36.8 Å². The van der Waals surface area contributed by atoms with E-state index in [2.05, 4.69) is 24.8 Å². The largest absolute Gasteiger partial charge is 0.385 e. The van der Waals surface area contributed by atoms with Gasteiger partial charge in [-0.05, 0) is 84.8 Å². The lowest BCUT2D eigenvalue weighted by Crippen LogP contribution is -2.43. The van der Waals surface area contributed by atoms with Crippen molar-refractivity contribution in [3.05, 3.63) is 106 Å². The molecule has 0 amide bonds. The van der Waals surface area contributed by atoms with Crippen LogP contribution in [-0.2, 0) is 11.2 Å². The van der Waals surface area contributed by atoms with Crippen molar-refractivity contribution in [2.75, 3.05) is 36.0 Å². The topological polar surface area (TPSA) is 98.5 Å². The smallest absolute Gasteiger partial charge is 0.226 e. The number of hydrogen-bond acceptors (Lipinski definition) is 8. The van der Waals surface area contributed by atoms with E-state index in [1.54, 1.807) is 48.8 Å². The fourth-order valence-corrected chi connectivity index (χ4v) is 5.54. The van der Waals surface area contributed by atoms with Gasteiger partial charge in [-0.15, -0.1) is 0 Å². The summed E-state index contributed by atoms with van der Waals surface area (Å²) in [6, 6.07) is 15.5. The first-order valence-corrected chi connectivity index (χ1v) is 14.3. The van der Waals surface area contributed by atoms with Gasteiger partial charge in [-0.1, -0.05) is 35.9 Å². The van der Waals surface area contributed by atoms with Crippen molar-refractivity contribution in [1.29, 1.82) is 0 Å². The molecular formula is C30H30Cl2F2N6O2. The Balaban J connectivity index is 0.000000168. The lowest BCUT2D eigenvalue weighted by atomic mass is 9.84. The van der Waals surface area contributed by atoms with Crippen molar-refractivity contribution >= 4 is 35.0 Å². The van der Waals surface area contributed by atoms with Gasteiger partial charge in [0.15, 0.2) is 0 Å². The Morgan fingerprint density at radius 3 is 1.57 bits per heavy atom. The van der Waals surface area contributed by atoms with Gasteiger partial charge in [-0.3, -0.25) is 0 Å². The van der Waals surface area contributed by atoms with Crippen LogP contribution in [0.4, 0.5) is 20.5 Å². The van der Waals surface area contributed by atoms with E-state index in [9.17, 15) is 19.0 Å². The molecule has 2 aromatic heterocycles. The predicted molar refractivity (Wildman–Crippen MR) is 158 cm³/mol. The van der Waals surface area contributed by atoms with E-state index in [0.717, 1.165) is 16.9 Å². The summed E-state index contributed by atoms with van der Waals surface area (Å²) in [5.41, 5.74) is -0.344. The molecule has 0 aliphatic carbocycles. The normalized spacial score (nSPS) is 17.8. The minimum atomic E-state index is -0.928. The molecule has 0 saturated carbocycles. The van der Waals surface area contributed by atoms with Crippen LogP contribution in [0.2, 0.25) is 10.4 Å². The quantitative estimate of drug-likeness (QED) is 0.229. The van der Waals surface area contributed by atoms with Gasteiger partial charge in [-0.25, -0.2) is 28.7 Å². The van der Waals surface area contributed by atoms with Gasteiger partial charge in [0.25, 0.3) is 0 Å². The van der Waals surface area contributed by atoms with E-state index in [0.29, 0.717) is 63.0 Å². The number of nitrogens with zero attached hydrogens (tertiary/aromatic N) is 6. The maximum Gasteiger partial charge on any atom is 0.226 e. The summed E-state index contributed by atoms with van der Waals surface area (Å²) < 4.78 is 26.0. The molecule has 8 nitrogen and oxygen atoms in total. The zero-order valence-corrected chi connectivity index (χ0v) is 24.2. The molecule has 220 valence electrons. The van der Waals surface area contributed by atoms with E-state index >= 15 is 0 Å². The number of aromatic nitrogens is 4. The van der Waals surface area contributed by atoms with E-state index < -0.39 is 11.2 Å². The van der Waals surface area contributed by atoms with E-state index in [-0.39, 0.29) is 16.9 Å². The highest BCUT2D eigenvalue weighted by molar-refractivity contribution is 6.29. The van der Waals surface area contributed by atoms with Gasteiger partial charge < -0.3 is 20.0 Å². The molecule has 0 bridgehead atoms. The lowest BCUT2D eigenvalue weighted by Gasteiger charge is -2.39. The highest BCUT2D eigenvalue weighted by Crippen LogP contribution is 2.35. The summed E-state index contributed by atoms with van der Waals surface area (Å²) in [5.74, 6) is 0.738. The second-order valence-electron chi connectivity index (χ2n) is 10.4. The van der Waals surface area contributed by atoms with Crippen LogP contribution < -0.4 is 9.80 Å². The fourth-order valence-electron chi connectivity index (χ4n) is 5.26. The summed E-state index contributed by atoms with van der Waals surface area (Å²) in [6.45, 7) is 2.55. The second kappa shape index (κ2) is 12.8. The third-order valence-electron chi connectivity index (χ3n) is 7.77. The van der Waals surface area contributed by atoms with Gasteiger partial charge in [0, 0.05) is 38.6 Å². The van der Waals surface area contributed by atoms with Gasteiger partial charge in [-0.2, -0.15) is 0 Å². The maximum absolute atomic E-state index is 13.0. The standard InChI is InChI=1S/2C15H15ClFN3O/c16-14-18-8-5-13(19-14)20-9-6-15(21,7-10-20)11-1-3-12(17)4-2-11;16-13-5-8-18-14(19-13)20-9-6-15(21,7-10-20)11-1-3-12(17)4-2-11/h2*1-5,8,21H,6-7,9-10H2. The van der Waals surface area contributed by atoms with Gasteiger partial charge in [0.2, 0.25) is 11.2 Å². The molecule has 6 rings (SSSR count). The average molecular weight is 616 g/mol. The van der Waals surface area contributed by atoms with Crippen LogP contribution in [0.15, 0.2) is 73.1 Å². The van der Waals surface area contributed by atoms with Crippen molar-refractivity contribution < 1.29 is 19.0 Å². The third-order valence-corrected chi connectivity index (χ3v) is 8.16. The van der Waals surface area contributed by atoms with E-state index in [4.69, 9.17) is 23.2 Å². The molecule has 2 fully saturated rings. The molecule has 4 heterocycles. The summed E-state index contributed by atoms with van der Waals surface area (Å²) in [6.07, 6.45) is 5.42. The summed E-state index contributed by atoms with van der Waals surface area (Å²) >= 11 is 11.7. The number of rotatable bonds is 4. The number of anilines is 2. The van der Waals surface area contributed by atoms with Crippen LogP contribution in [0.3, 0.4) is 0 Å². The van der Waals surface area contributed by atoms with Crippen molar-refractivity contribution in [3.63, 3.8) is 0 Å². The van der Waals surface area contributed by atoms with Crippen molar-refractivity contribution in [2.45, 2.75) is 36.9 Å². The molecule has 4 aromatic rings. The van der Waals surface area contributed by atoms with Gasteiger partial charge in [0.1, 0.15) is 22.6 Å². The van der Waals surface area contributed by atoms with Crippen LogP contribution >= 0.6 is 23.2 Å². The Morgan fingerprint density at radius 2 is 1.10 bits per heavy atom. The minimum absolute atomic E-state index is 0.215. The van der Waals surface area contributed by atoms with E-state index in [1.807, 2.05) is 4.90 Å². The van der Waals surface area contributed by atoms with Gasteiger partial charge in [0.05, 0.1) is 11.2 Å². The average Bonchev–Trinajstić information content (AvgIpc) is 2.99. The fraction of sp³-hybridized carbons (Fsp3) is 0.333. The highest BCUT2D eigenvalue weighted by atomic mass is 35.5. The molecule has 0 unspecified atom stereocenters. The first-order valence-electron chi connectivity index (χ1n) is 13.6. The third kappa shape index (κ3) is 7.12. The number of piperidine rings is 2. The zero-order valence-electron chi connectivity index (χ0n) is 22.7. The Bertz CT molecular complexity index is 1370. The number of aliphatic hydroxyl groups is 2. The summed E-state index contributed by atoms with van der Waals surface area (Å²) in [4.78, 5) is 20.5. The summed E-state index contributed by atoms with van der Waals surface area (Å²) in [7, 11) is 0. The molecule has 2 N–H and O–H groups in total. The Kier molecular flexibility index (Phi) is 9.17. The highest BCUT2D eigenvalue weighted by Gasteiger charge is 2.35. The molecule has 2 aromatic carbocycles. The SMILES string of the molecule is OC1(c2ccc(F)cc2)CCN(c2ccnc(Cl)n2)CC1.OC1(c2ccc(F)cc2)CCN(c2nccc(Cl)n2)CC1. The zero-order chi connectivity index (χ0) is 29.7. The molecule has 2 aliphatic rings. The summed E-state index contributed by atoms with van der Waals surface area (Å²) in [5, 5.41) is 22.1. The predicted octanol–water partition coefficient (Wildman–Crippen LogP) is 5.51. The number of benzene rings is 2. The first kappa shape index (κ1) is 30.0. The maximum atomic E-state index is 13.0.